The molecule has 0 amide bonds. The number of hydrogen-bond donors (Lipinski definition) is 1. The van der Waals surface area contributed by atoms with Crippen molar-refractivity contribution in [2.45, 2.75) is 6.92 Å². The first-order valence-electron chi connectivity index (χ1n) is 6.05. The average molecular weight is 331 g/mol. The molecule has 1 aromatic heterocycles. The molecule has 0 spiro atoms. The number of nitrogens with zero attached hydrogens (tertiary/aromatic N) is 2. The highest BCUT2D eigenvalue weighted by molar-refractivity contribution is 9.10. The van der Waals surface area contributed by atoms with E-state index in [4.69, 9.17) is 5.11 Å². The summed E-state index contributed by atoms with van der Waals surface area (Å²) in [6.07, 6.45) is 0. The number of carbonyl (C=O) groups is 1. The summed E-state index contributed by atoms with van der Waals surface area (Å²) < 4.78 is 2.43. The highest BCUT2D eigenvalue weighted by Crippen LogP contribution is 2.27. The Kier molecular flexibility index (Phi) is 3.06. The van der Waals surface area contributed by atoms with Crippen LogP contribution in [0, 0.1) is 6.92 Å². The van der Waals surface area contributed by atoms with E-state index in [9.17, 15) is 4.79 Å². The van der Waals surface area contributed by atoms with E-state index in [1.807, 2.05) is 31.2 Å². The number of hydrogen-bond acceptors (Lipinski definition) is 2. The van der Waals surface area contributed by atoms with Crippen LogP contribution in [0.3, 0.4) is 0 Å². The molecule has 3 aromatic rings. The van der Waals surface area contributed by atoms with Gasteiger partial charge in [-0.3, -0.25) is 0 Å². The van der Waals surface area contributed by atoms with Crippen LogP contribution in [-0.4, -0.2) is 20.9 Å². The molecule has 4 nitrogen and oxygen atoms in total. The second-order valence-corrected chi connectivity index (χ2v) is 5.33. The second-order valence-electron chi connectivity index (χ2n) is 4.58. The van der Waals surface area contributed by atoms with Crippen molar-refractivity contribution in [3.63, 3.8) is 0 Å². The number of benzene rings is 2. The van der Waals surface area contributed by atoms with Gasteiger partial charge in [0.1, 0.15) is 4.60 Å². The van der Waals surface area contributed by atoms with Crippen LogP contribution >= 0.6 is 15.9 Å². The fourth-order valence-electron chi connectivity index (χ4n) is 2.10. The lowest BCUT2D eigenvalue weighted by atomic mass is 10.1. The molecule has 3 rings (SSSR count). The van der Waals surface area contributed by atoms with E-state index >= 15 is 0 Å². The largest absolute Gasteiger partial charge is 0.478 e. The van der Waals surface area contributed by atoms with Gasteiger partial charge in [0.25, 0.3) is 0 Å². The highest BCUT2D eigenvalue weighted by Gasteiger charge is 2.12. The van der Waals surface area contributed by atoms with Crippen molar-refractivity contribution in [3.8, 4) is 5.69 Å². The smallest absolute Gasteiger partial charge is 0.335 e. The van der Waals surface area contributed by atoms with Crippen LogP contribution < -0.4 is 0 Å². The molecule has 1 N–H and O–H groups in total. The minimum absolute atomic E-state index is 0.252. The lowest BCUT2D eigenvalue weighted by Crippen LogP contribution is -1.97. The summed E-state index contributed by atoms with van der Waals surface area (Å²) in [6, 6.07) is 13.0. The van der Waals surface area contributed by atoms with Gasteiger partial charge in [-0.1, -0.05) is 17.7 Å². The minimum atomic E-state index is -0.943. The number of aromatic nitrogens is 2. The zero-order chi connectivity index (χ0) is 14.3. The first kappa shape index (κ1) is 12.9. The zero-order valence-electron chi connectivity index (χ0n) is 10.7. The van der Waals surface area contributed by atoms with Gasteiger partial charge in [-0.15, -0.1) is 0 Å². The van der Waals surface area contributed by atoms with E-state index in [1.165, 1.54) is 5.56 Å². The number of fused-ring (bicyclic) bond motifs is 1. The topological polar surface area (TPSA) is 55.1 Å². The van der Waals surface area contributed by atoms with E-state index in [0.29, 0.717) is 4.60 Å². The maximum atomic E-state index is 11.0. The Labute approximate surface area is 123 Å². The summed E-state index contributed by atoms with van der Waals surface area (Å²) in [6.45, 7) is 2.03. The number of carboxylic acids is 1. The average Bonchev–Trinajstić information content (AvgIpc) is 2.76. The Balaban J connectivity index is 2.22. The zero-order valence-corrected chi connectivity index (χ0v) is 12.3. The van der Waals surface area contributed by atoms with Crippen LogP contribution in [0.2, 0.25) is 0 Å². The van der Waals surface area contributed by atoms with Crippen LogP contribution in [0.1, 0.15) is 15.9 Å². The van der Waals surface area contributed by atoms with Crippen molar-refractivity contribution in [3.05, 3.63) is 58.2 Å². The summed E-state index contributed by atoms with van der Waals surface area (Å²) in [4.78, 5) is 11.0. The van der Waals surface area contributed by atoms with E-state index in [2.05, 4.69) is 21.0 Å². The molecule has 20 heavy (non-hydrogen) atoms. The molecule has 0 radical (unpaired) electrons. The number of halogens is 1. The lowest BCUT2D eigenvalue weighted by molar-refractivity contribution is 0.0697. The second kappa shape index (κ2) is 4.76. The molecule has 5 heteroatoms. The van der Waals surface area contributed by atoms with Crippen molar-refractivity contribution in [2.75, 3.05) is 0 Å². The van der Waals surface area contributed by atoms with Gasteiger partial charge in [-0.25, -0.2) is 9.48 Å². The molecule has 1 heterocycles. The Bertz CT molecular complexity index is 807. The van der Waals surface area contributed by atoms with Crippen molar-refractivity contribution in [2.24, 2.45) is 0 Å². The van der Waals surface area contributed by atoms with Gasteiger partial charge >= 0.3 is 5.97 Å². The third-order valence-electron chi connectivity index (χ3n) is 3.16. The van der Waals surface area contributed by atoms with E-state index in [-0.39, 0.29) is 5.56 Å². The van der Waals surface area contributed by atoms with Gasteiger partial charge < -0.3 is 5.11 Å². The molecule has 0 bridgehead atoms. The highest BCUT2D eigenvalue weighted by atomic mass is 79.9. The monoisotopic (exact) mass is 330 g/mol. The van der Waals surface area contributed by atoms with Gasteiger partial charge in [0.15, 0.2) is 0 Å². The molecule has 0 aliphatic heterocycles. The molecular formula is C15H11BrN2O2. The Morgan fingerprint density at radius 1 is 1.20 bits per heavy atom. The summed E-state index contributed by atoms with van der Waals surface area (Å²) in [5.74, 6) is -0.943. The number of carboxylic acid groups (broad SMARTS) is 1. The number of rotatable bonds is 2. The SMILES string of the molecule is Cc1ccc(-n2nc(Br)c3cc(C(=O)O)ccc32)cc1. The van der Waals surface area contributed by atoms with Crippen molar-refractivity contribution in [1.82, 2.24) is 9.78 Å². The van der Waals surface area contributed by atoms with Crippen molar-refractivity contribution >= 4 is 32.8 Å². The number of aromatic carboxylic acids is 1. The van der Waals surface area contributed by atoms with E-state index < -0.39 is 5.97 Å². The normalized spacial score (nSPS) is 10.9. The standard InChI is InChI=1S/C15H11BrN2O2/c1-9-2-5-11(6-3-9)18-13-7-4-10(15(19)20)8-12(13)14(16)17-18/h2-8H,1H3,(H,19,20). The van der Waals surface area contributed by atoms with Gasteiger partial charge in [0.2, 0.25) is 0 Å². The molecule has 2 aromatic carbocycles. The molecule has 0 saturated carbocycles. The third kappa shape index (κ3) is 2.10. The van der Waals surface area contributed by atoms with Crippen LogP contribution in [-0.2, 0) is 0 Å². The van der Waals surface area contributed by atoms with Crippen molar-refractivity contribution in [1.29, 1.82) is 0 Å². The quantitative estimate of drug-likeness (QED) is 0.777. The predicted octanol–water partition coefficient (Wildman–Crippen LogP) is 3.79. The van der Waals surface area contributed by atoms with Crippen LogP contribution in [0.4, 0.5) is 0 Å². The Morgan fingerprint density at radius 2 is 1.90 bits per heavy atom. The Morgan fingerprint density at radius 3 is 2.55 bits per heavy atom. The molecule has 0 aliphatic carbocycles. The van der Waals surface area contributed by atoms with Crippen LogP contribution in [0.5, 0.6) is 0 Å². The predicted molar refractivity (Wildman–Crippen MR) is 80.5 cm³/mol. The van der Waals surface area contributed by atoms with Gasteiger partial charge in [0.05, 0.1) is 16.8 Å². The number of aryl methyl sites for hydroxylation is 1. The molecular weight excluding hydrogens is 320 g/mol. The molecule has 0 aliphatic rings. The molecule has 100 valence electrons. The van der Waals surface area contributed by atoms with E-state index in [0.717, 1.165) is 16.6 Å². The van der Waals surface area contributed by atoms with E-state index in [1.54, 1.807) is 22.9 Å². The third-order valence-corrected chi connectivity index (χ3v) is 3.75. The summed E-state index contributed by atoms with van der Waals surface area (Å²) in [5, 5.41) is 14.3. The van der Waals surface area contributed by atoms with Crippen molar-refractivity contribution < 1.29 is 9.90 Å². The fourth-order valence-corrected chi connectivity index (χ4v) is 2.57. The van der Waals surface area contributed by atoms with Gasteiger partial charge in [-0.2, -0.15) is 5.10 Å². The summed E-state index contributed by atoms with van der Waals surface area (Å²) in [7, 11) is 0. The van der Waals surface area contributed by atoms with Gasteiger partial charge in [-0.05, 0) is 53.2 Å². The van der Waals surface area contributed by atoms with Crippen LogP contribution in [0.15, 0.2) is 47.1 Å². The molecule has 0 atom stereocenters. The van der Waals surface area contributed by atoms with Crippen LogP contribution in [0.25, 0.3) is 16.6 Å². The first-order valence-corrected chi connectivity index (χ1v) is 6.84. The van der Waals surface area contributed by atoms with Gasteiger partial charge in [0, 0.05) is 5.39 Å². The maximum absolute atomic E-state index is 11.0. The molecule has 0 unspecified atom stereocenters. The lowest BCUT2D eigenvalue weighted by Gasteiger charge is -2.04. The molecule has 0 fully saturated rings. The minimum Gasteiger partial charge on any atom is -0.478 e. The molecule has 0 saturated heterocycles. The fraction of sp³-hybridized carbons (Fsp3) is 0.0667. The maximum Gasteiger partial charge on any atom is 0.335 e. The first-order chi connectivity index (χ1) is 9.56. The summed E-state index contributed by atoms with van der Waals surface area (Å²) in [5.41, 5.74) is 3.24. The Hall–Kier alpha value is -2.14. The summed E-state index contributed by atoms with van der Waals surface area (Å²) >= 11 is 3.39.